The van der Waals surface area contributed by atoms with Crippen molar-refractivity contribution in [3.63, 3.8) is 0 Å². The predicted molar refractivity (Wildman–Crippen MR) is 75.5 cm³/mol. The molecule has 6 heteroatoms. The van der Waals surface area contributed by atoms with E-state index in [9.17, 15) is 4.79 Å². The van der Waals surface area contributed by atoms with Crippen molar-refractivity contribution in [1.82, 2.24) is 15.5 Å². The van der Waals surface area contributed by atoms with Crippen LogP contribution in [0.1, 0.15) is 35.1 Å². The molecule has 0 bridgehead atoms. The molecule has 2 aromatic rings. The van der Waals surface area contributed by atoms with Gasteiger partial charge >= 0.3 is 0 Å². The Labute approximate surface area is 117 Å². The number of anilines is 1. The molecule has 0 saturated heterocycles. The molecule has 0 spiro atoms. The number of pyridine rings is 1. The minimum Gasteiger partial charge on any atom is -0.373 e. The summed E-state index contributed by atoms with van der Waals surface area (Å²) in [6, 6.07) is 5.27. The second kappa shape index (κ2) is 6.70. The SMILES string of the molecule is CCCc1cc(C(=O)NCc2ccon2)cc(NC)n1. The first-order chi connectivity index (χ1) is 9.72. The first-order valence-corrected chi connectivity index (χ1v) is 6.59. The van der Waals surface area contributed by atoms with E-state index in [1.165, 1.54) is 6.26 Å². The Kier molecular flexibility index (Phi) is 4.70. The third-order valence-corrected chi connectivity index (χ3v) is 2.82. The van der Waals surface area contributed by atoms with Crippen LogP contribution in [-0.2, 0) is 13.0 Å². The highest BCUT2D eigenvalue weighted by Gasteiger charge is 2.10. The fraction of sp³-hybridized carbons (Fsp3) is 0.357. The molecule has 6 nitrogen and oxygen atoms in total. The molecule has 2 rings (SSSR count). The molecule has 0 aliphatic rings. The van der Waals surface area contributed by atoms with Gasteiger partial charge in [-0.2, -0.15) is 0 Å². The molecule has 2 aromatic heterocycles. The van der Waals surface area contributed by atoms with E-state index in [0.29, 0.717) is 23.6 Å². The summed E-state index contributed by atoms with van der Waals surface area (Å²) in [5, 5.41) is 9.53. The highest BCUT2D eigenvalue weighted by Crippen LogP contribution is 2.12. The highest BCUT2D eigenvalue weighted by molar-refractivity contribution is 5.94. The minimum absolute atomic E-state index is 0.149. The van der Waals surface area contributed by atoms with Crippen LogP contribution in [-0.4, -0.2) is 23.1 Å². The number of amides is 1. The number of hydrogen-bond donors (Lipinski definition) is 2. The van der Waals surface area contributed by atoms with Crippen LogP contribution in [0.2, 0.25) is 0 Å². The second-order valence-electron chi connectivity index (χ2n) is 4.41. The van der Waals surface area contributed by atoms with Crippen LogP contribution in [0, 0.1) is 0 Å². The summed E-state index contributed by atoms with van der Waals surface area (Å²) in [7, 11) is 1.79. The van der Waals surface area contributed by atoms with E-state index in [4.69, 9.17) is 4.52 Å². The van der Waals surface area contributed by atoms with Crippen LogP contribution in [0.4, 0.5) is 5.82 Å². The van der Waals surface area contributed by atoms with Crippen molar-refractivity contribution in [2.45, 2.75) is 26.3 Å². The smallest absolute Gasteiger partial charge is 0.251 e. The molecule has 2 heterocycles. The molecule has 1 amide bonds. The molecule has 0 aliphatic carbocycles. The topological polar surface area (TPSA) is 80.0 Å². The summed E-state index contributed by atoms with van der Waals surface area (Å²) in [5.41, 5.74) is 2.19. The van der Waals surface area contributed by atoms with Crippen LogP contribution in [0.15, 0.2) is 29.0 Å². The van der Waals surface area contributed by atoms with Crippen LogP contribution in [0.25, 0.3) is 0 Å². The summed E-state index contributed by atoms with van der Waals surface area (Å²) in [6.45, 7) is 2.42. The third-order valence-electron chi connectivity index (χ3n) is 2.82. The lowest BCUT2D eigenvalue weighted by molar-refractivity contribution is 0.0950. The Bertz CT molecular complexity index is 567. The maximum Gasteiger partial charge on any atom is 0.251 e. The molecule has 106 valence electrons. The van der Waals surface area contributed by atoms with E-state index in [1.54, 1.807) is 19.2 Å². The number of nitrogens with zero attached hydrogens (tertiary/aromatic N) is 2. The van der Waals surface area contributed by atoms with Crippen molar-refractivity contribution in [2.24, 2.45) is 0 Å². The first-order valence-electron chi connectivity index (χ1n) is 6.59. The van der Waals surface area contributed by atoms with Gasteiger partial charge in [-0.25, -0.2) is 4.98 Å². The van der Waals surface area contributed by atoms with Crippen LogP contribution in [0.5, 0.6) is 0 Å². The van der Waals surface area contributed by atoms with Gasteiger partial charge in [0.15, 0.2) is 0 Å². The normalized spacial score (nSPS) is 10.3. The van der Waals surface area contributed by atoms with Gasteiger partial charge in [-0.1, -0.05) is 18.5 Å². The van der Waals surface area contributed by atoms with Crippen LogP contribution >= 0.6 is 0 Å². The summed E-state index contributed by atoms with van der Waals surface area (Å²) >= 11 is 0. The van der Waals surface area contributed by atoms with Gasteiger partial charge in [0.25, 0.3) is 5.91 Å². The molecule has 0 atom stereocenters. The molecule has 0 aromatic carbocycles. The standard InChI is InChI=1S/C14H18N4O2/c1-3-4-11-7-10(8-13(15-2)17-11)14(19)16-9-12-5-6-20-18-12/h5-8H,3-4,9H2,1-2H3,(H,15,17)(H,16,19). The molecule has 2 N–H and O–H groups in total. The Balaban J connectivity index is 2.09. The number of carbonyl (C=O) groups is 1. The zero-order valence-electron chi connectivity index (χ0n) is 11.6. The maximum atomic E-state index is 12.1. The van der Waals surface area contributed by atoms with Crippen molar-refractivity contribution in [2.75, 3.05) is 12.4 Å². The van der Waals surface area contributed by atoms with Gasteiger partial charge in [0.1, 0.15) is 17.8 Å². The summed E-state index contributed by atoms with van der Waals surface area (Å²) in [5.74, 6) is 0.548. The van der Waals surface area contributed by atoms with Crippen molar-refractivity contribution >= 4 is 11.7 Å². The van der Waals surface area contributed by atoms with E-state index < -0.39 is 0 Å². The molecule has 0 fully saturated rings. The van der Waals surface area contributed by atoms with Crippen LogP contribution < -0.4 is 10.6 Å². The number of nitrogens with one attached hydrogen (secondary N) is 2. The largest absolute Gasteiger partial charge is 0.373 e. The van der Waals surface area contributed by atoms with Crippen molar-refractivity contribution in [3.8, 4) is 0 Å². The highest BCUT2D eigenvalue weighted by atomic mass is 16.5. The Morgan fingerprint density at radius 1 is 1.35 bits per heavy atom. The van der Waals surface area contributed by atoms with Gasteiger partial charge < -0.3 is 15.2 Å². The first kappa shape index (κ1) is 14.0. The quantitative estimate of drug-likeness (QED) is 0.842. The number of hydrogen-bond acceptors (Lipinski definition) is 5. The number of carbonyl (C=O) groups excluding carboxylic acids is 1. The fourth-order valence-electron chi connectivity index (χ4n) is 1.83. The number of aryl methyl sites for hydroxylation is 1. The summed E-state index contributed by atoms with van der Waals surface area (Å²) in [6.07, 6.45) is 3.31. The van der Waals surface area contributed by atoms with Gasteiger partial charge in [0.2, 0.25) is 0 Å². The average Bonchev–Trinajstić information content (AvgIpc) is 2.98. The summed E-state index contributed by atoms with van der Waals surface area (Å²) in [4.78, 5) is 16.6. The third kappa shape index (κ3) is 3.57. The van der Waals surface area contributed by atoms with Crippen molar-refractivity contribution in [1.29, 1.82) is 0 Å². The molecular formula is C14H18N4O2. The Hall–Kier alpha value is -2.37. The Morgan fingerprint density at radius 2 is 2.20 bits per heavy atom. The van der Waals surface area contributed by atoms with Gasteiger partial charge in [-0.15, -0.1) is 0 Å². The zero-order chi connectivity index (χ0) is 14.4. The van der Waals surface area contributed by atoms with E-state index in [2.05, 4.69) is 27.7 Å². The fourth-order valence-corrected chi connectivity index (χ4v) is 1.83. The van der Waals surface area contributed by atoms with Crippen LogP contribution in [0.3, 0.4) is 0 Å². The lowest BCUT2D eigenvalue weighted by Crippen LogP contribution is -2.23. The van der Waals surface area contributed by atoms with Crippen molar-refractivity contribution < 1.29 is 9.32 Å². The second-order valence-corrected chi connectivity index (χ2v) is 4.41. The zero-order valence-corrected chi connectivity index (χ0v) is 11.6. The van der Waals surface area contributed by atoms with E-state index in [-0.39, 0.29) is 5.91 Å². The summed E-state index contributed by atoms with van der Waals surface area (Å²) < 4.78 is 4.72. The molecule has 0 aliphatic heterocycles. The van der Waals surface area contributed by atoms with E-state index in [0.717, 1.165) is 18.5 Å². The van der Waals surface area contributed by atoms with Gasteiger partial charge in [0, 0.05) is 24.4 Å². The number of rotatable bonds is 6. The molecule has 20 heavy (non-hydrogen) atoms. The molecular weight excluding hydrogens is 256 g/mol. The number of aromatic nitrogens is 2. The van der Waals surface area contributed by atoms with Crippen molar-refractivity contribution in [3.05, 3.63) is 41.4 Å². The van der Waals surface area contributed by atoms with Gasteiger partial charge in [0.05, 0.1) is 6.54 Å². The molecule has 0 saturated carbocycles. The molecule has 0 unspecified atom stereocenters. The molecule has 0 radical (unpaired) electrons. The van der Waals surface area contributed by atoms with Gasteiger partial charge in [-0.3, -0.25) is 4.79 Å². The van der Waals surface area contributed by atoms with E-state index >= 15 is 0 Å². The lowest BCUT2D eigenvalue weighted by atomic mass is 10.1. The maximum absolute atomic E-state index is 12.1. The Morgan fingerprint density at radius 3 is 2.85 bits per heavy atom. The monoisotopic (exact) mass is 274 g/mol. The van der Waals surface area contributed by atoms with Gasteiger partial charge in [-0.05, 0) is 18.6 Å². The lowest BCUT2D eigenvalue weighted by Gasteiger charge is -2.08. The minimum atomic E-state index is -0.149. The predicted octanol–water partition coefficient (Wildman–Crippen LogP) is 1.99. The average molecular weight is 274 g/mol. The van der Waals surface area contributed by atoms with E-state index in [1.807, 2.05) is 6.07 Å².